The first-order valence-corrected chi connectivity index (χ1v) is 15.1. The molecular formula is C32H34N4O7S. The quantitative estimate of drug-likeness (QED) is 0.140. The molecule has 11 nitrogen and oxygen atoms in total. The van der Waals surface area contributed by atoms with Gasteiger partial charge in [-0.15, -0.1) is 0 Å². The van der Waals surface area contributed by atoms with Crippen molar-refractivity contribution in [3.63, 3.8) is 0 Å². The van der Waals surface area contributed by atoms with Gasteiger partial charge in [0, 0.05) is 65.8 Å². The van der Waals surface area contributed by atoms with Crippen LogP contribution in [0.4, 0.5) is 22.7 Å². The molecule has 5 rings (SSSR count). The molecule has 44 heavy (non-hydrogen) atoms. The second-order valence-corrected chi connectivity index (χ2v) is 13.2. The van der Waals surface area contributed by atoms with E-state index in [4.69, 9.17) is 0 Å². The second kappa shape index (κ2) is 11.4. The van der Waals surface area contributed by atoms with Crippen molar-refractivity contribution < 1.29 is 27.4 Å². The number of fused-ring (bicyclic) bond motifs is 2. The number of likely N-dealkylation sites (N-methyl/N-ethyl adjacent to an activating group) is 1. The zero-order chi connectivity index (χ0) is 32.8. The van der Waals surface area contributed by atoms with Crippen molar-refractivity contribution in [3.8, 4) is 0 Å². The topological polar surface area (TPSA) is 150 Å². The Labute approximate surface area is 256 Å². The zero-order valence-electron chi connectivity index (χ0n) is 25.6. The largest absolute Gasteiger partial charge is 0.744 e. The molecule has 12 heteroatoms. The minimum absolute atomic E-state index is 0.0868. The highest BCUT2D eigenvalue weighted by molar-refractivity contribution is 7.85. The Bertz CT molecular complexity index is 1870. The van der Waals surface area contributed by atoms with Crippen LogP contribution in [-0.4, -0.2) is 47.2 Å². The summed E-state index contributed by atoms with van der Waals surface area (Å²) in [6.45, 7) is 10.1. The summed E-state index contributed by atoms with van der Waals surface area (Å²) in [5.74, 6) is 0. The molecular weight excluding hydrogens is 584 g/mol. The zero-order valence-corrected chi connectivity index (χ0v) is 26.4. The standard InChI is InChI=1S/C25H27N4O4.C7H8O3S/c1-24(2)18-14-16(28(30)31)10-12-20(18)26(5)22(24)8-7-9-23-25(3,4)19-15-17(29(32)33)11-13-21(19)27(23)6;1-6-2-4-7(5-3-6)11(8,9)10/h7-15H,1-6H3;2-5H,1H3,(H,8,9,10)/q+1;/p-1. The van der Waals surface area contributed by atoms with Crippen LogP contribution in [0.15, 0.2) is 89.5 Å². The average Bonchev–Trinajstić information content (AvgIpc) is 3.26. The molecule has 0 N–H and O–H groups in total. The van der Waals surface area contributed by atoms with E-state index in [1.807, 2.05) is 39.2 Å². The lowest BCUT2D eigenvalue weighted by molar-refractivity contribution is -0.402. The van der Waals surface area contributed by atoms with Gasteiger partial charge < -0.3 is 9.45 Å². The molecule has 3 aromatic carbocycles. The summed E-state index contributed by atoms with van der Waals surface area (Å²) in [7, 11) is -0.339. The molecule has 2 aliphatic rings. The number of nitro groups is 2. The molecule has 0 spiro atoms. The van der Waals surface area contributed by atoms with Crippen LogP contribution < -0.4 is 4.90 Å². The summed E-state index contributed by atoms with van der Waals surface area (Å²) < 4.78 is 33.2. The van der Waals surface area contributed by atoms with E-state index in [9.17, 15) is 33.2 Å². The van der Waals surface area contributed by atoms with Gasteiger partial charge in [-0.3, -0.25) is 20.2 Å². The smallest absolute Gasteiger partial charge is 0.270 e. The van der Waals surface area contributed by atoms with Gasteiger partial charge >= 0.3 is 0 Å². The maximum atomic E-state index is 11.3. The van der Waals surface area contributed by atoms with E-state index in [-0.39, 0.29) is 26.1 Å². The number of allylic oxidation sites excluding steroid dienone is 4. The molecule has 2 heterocycles. The van der Waals surface area contributed by atoms with Crippen LogP contribution in [0, 0.1) is 27.2 Å². The first kappa shape index (κ1) is 32.2. The maximum Gasteiger partial charge on any atom is 0.270 e. The predicted octanol–water partition coefficient (Wildman–Crippen LogP) is 6.28. The Balaban J connectivity index is 0.000000339. The van der Waals surface area contributed by atoms with E-state index in [1.165, 1.54) is 24.3 Å². The Hall–Kier alpha value is -4.68. The molecule has 230 valence electrons. The summed E-state index contributed by atoms with van der Waals surface area (Å²) in [6, 6.07) is 15.8. The van der Waals surface area contributed by atoms with Crippen molar-refractivity contribution >= 4 is 38.6 Å². The second-order valence-electron chi connectivity index (χ2n) is 11.8. The van der Waals surface area contributed by atoms with E-state index < -0.39 is 20.9 Å². The number of non-ortho nitro benzene ring substituents is 2. The van der Waals surface area contributed by atoms with Gasteiger partial charge in [0.1, 0.15) is 17.2 Å². The van der Waals surface area contributed by atoms with Crippen molar-refractivity contribution in [2.75, 3.05) is 19.0 Å². The average molecular weight is 619 g/mol. The molecule has 0 atom stereocenters. The molecule has 0 unspecified atom stereocenters. The molecule has 0 saturated heterocycles. The first-order chi connectivity index (χ1) is 20.4. The van der Waals surface area contributed by atoms with Crippen molar-refractivity contribution in [1.82, 2.24) is 0 Å². The molecule has 0 fully saturated rings. The number of hydrogen-bond acceptors (Lipinski definition) is 8. The van der Waals surface area contributed by atoms with Crippen LogP contribution in [0.3, 0.4) is 0 Å². The van der Waals surface area contributed by atoms with Crippen molar-refractivity contribution in [3.05, 3.63) is 122 Å². The Kier molecular flexibility index (Phi) is 8.38. The number of rotatable bonds is 5. The molecule has 2 aliphatic heterocycles. The summed E-state index contributed by atoms with van der Waals surface area (Å²) in [4.78, 5) is 23.7. The van der Waals surface area contributed by atoms with Gasteiger partial charge in [0.05, 0.1) is 20.2 Å². The fourth-order valence-corrected chi connectivity index (χ4v) is 6.28. The molecule has 0 amide bonds. The number of hydrogen-bond donors (Lipinski definition) is 0. The van der Waals surface area contributed by atoms with Crippen LogP contribution in [-0.2, 0) is 20.9 Å². The number of nitrogens with zero attached hydrogens (tertiary/aromatic N) is 4. The van der Waals surface area contributed by atoms with E-state index in [2.05, 4.69) is 37.2 Å². The third-order valence-electron chi connectivity index (χ3n) is 8.27. The molecule has 3 aromatic rings. The van der Waals surface area contributed by atoms with Crippen molar-refractivity contribution in [2.45, 2.75) is 50.3 Å². The number of benzene rings is 3. The fraction of sp³-hybridized carbons (Fsp3) is 0.281. The van der Waals surface area contributed by atoms with Gasteiger partial charge in [-0.05, 0) is 50.6 Å². The molecule has 0 aromatic heterocycles. The Morgan fingerprint density at radius 3 is 1.93 bits per heavy atom. The van der Waals surface area contributed by atoms with Gasteiger partial charge in [0.25, 0.3) is 11.4 Å². The van der Waals surface area contributed by atoms with Gasteiger partial charge in [0.15, 0.2) is 5.71 Å². The number of aryl methyl sites for hydroxylation is 1. The van der Waals surface area contributed by atoms with Crippen LogP contribution in [0.5, 0.6) is 0 Å². The van der Waals surface area contributed by atoms with E-state index in [1.54, 1.807) is 36.4 Å². The fourth-order valence-electron chi connectivity index (χ4n) is 5.81. The predicted molar refractivity (Wildman–Crippen MR) is 168 cm³/mol. The lowest BCUT2D eigenvalue weighted by Gasteiger charge is -2.23. The van der Waals surface area contributed by atoms with Crippen LogP contribution in [0.1, 0.15) is 44.4 Å². The van der Waals surface area contributed by atoms with Gasteiger partial charge in [-0.25, -0.2) is 8.42 Å². The highest BCUT2D eigenvalue weighted by Crippen LogP contribution is 2.48. The maximum absolute atomic E-state index is 11.3. The SMILES string of the molecule is CN1/C(=C\C=C\C2=[N+](C)c3ccc([N+](=O)[O-])cc3C2(C)C)C(C)(C)c2cc([N+](=O)[O-])ccc21.Cc1ccc(S(=O)(=O)[O-])cc1. The summed E-state index contributed by atoms with van der Waals surface area (Å²) in [5, 5.41) is 22.5. The number of nitro benzene ring substituents is 2. The highest BCUT2D eigenvalue weighted by Gasteiger charge is 2.44. The third-order valence-corrected chi connectivity index (χ3v) is 9.12. The highest BCUT2D eigenvalue weighted by atomic mass is 32.2. The normalized spacial score (nSPS) is 17.4. The summed E-state index contributed by atoms with van der Waals surface area (Å²) in [5.41, 5.74) is 6.12. The lowest BCUT2D eigenvalue weighted by atomic mass is 9.81. The van der Waals surface area contributed by atoms with Crippen molar-refractivity contribution in [1.29, 1.82) is 0 Å². The lowest BCUT2D eigenvalue weighted by Crippen LogP contribution is -2.26. The van der Waals surface area contributed by atoms with Gasteiger partial charge in [-0.2, -0.15) is 4.58 Å². The summed E-state index contributed by atoms with van der Waals surface area (Å²) >= 11 is 0. The van der Waals surface area contributed by atoms with Crippen LogP contribution in [0.25, 0.3) is 0 Å². The summed E-state index contributed by atoms with van der Waals surface area (Å²) in [6.07, 6.45) is 6.06. The Morgan fingerprint density at radius 1 is 0.841 bits per heavy atom. The monoisotopic (exact) mass is 618 g/mol. The van der Waals surface area contributed by atoms with E-state index in [0.29, 0.717) is 0 Å². The molecule has 0 bridgehead atoms. The van der Waals surface area contributed by atoms with E-state index in [0.717, 1.165) is 39.5 Å². The third kappa shape index (κ3) is 5.90. The molecule has 0 saturated carbocycles. The van der Waals surface area contributed by atoms with Crippen LogP contribution in [0.2, 0.25) is 0 Å². The number of anilines is 1. The molecule has 0 aliphatic carbocycles. The minimum Gasteiger partial charge on any atom is -0.744 e. The van der Waals surface area contributed by atoms with Crippen molar-refractivity contribution in [2.24, 2.45) is 0 Å². The van der Waals surface area contributed by atoms with Gasteiger partial charge in [-0.1, -0.05) is 37.6 Å². The van der Waals surface area contributed by atoms with Gasteiger partial charge in [0.2, 0.25) is 5.69 Å². The minimum atomic E-state index is -4.27. The molecule has 0 radical (unpaired) electrons. The first-order valence-electron chi connectivity index (χ1n) is 13.7. The van der Waals surface area contributed by atoms with E-state index >= 15 is 0 Å². The van der Waals surface area contributed by atoms with Crippen LogP contribution >= 0.6 is 0 Å². The Morgan fingerprint density at radius 2 is 1.39 bits per heavy atom.